The maximum absolute atomic E-state index is 13.9. The summed E-state index contributed by atoms with van der Waals surface area (Å²) >= 11 is 0. The molecule has 0 aromatic heterocycles. The third kappa shape index (κ3) is 5.27. The summed E-state index contributed by atoms with van der Waals surface area (Å²) < 4.78 is 16.3. The summed E-state index contributed by atoms with van der Waals surface area (Å²) in [5.41, 5.74) is 1.18. The van der Waals surface area contributed by atoms with Gasteiger partial charge in [0.25, 0.3) is 11.6 Å². The minimum Gasteiger partial charge on any atom is -0.493 e. The average molecular weight is 497 g/mol. The highest BCUT2D eigenvalue weighted by atomic mass is 16.6. The molecule has 2 fully saturated rings. The summed E-state index contributed by atoms with van der Waals surface area (Å²) in [6, 6.07) is 8.59. The van der Waals surface area contributed by atoms with Gasteiger partial charge in [0.05, 0.1) is 31.8 Å². The van der Waals surface area contributed by atoms with Crippen LogP contribution in [-0.2, 0) is 0 Å². The van der Waals surface area contributed by atoms with Gasteiger partial charge in [-0.05, 0) is 55.5 Å². The van der Waals surface area contributed by atoms with Crippen molar-refractivity contribution in [2.75, 3.05) is 21.3 Å². The molecule has 194 valence electrons. The largest absolute Gasteiger partial charge is 0.493 e. The SMILES string of the molecule is COc1cc(-c2ccc(C(=O)N(C3CCCCC3)C3CCCCC3)cc2[N+](=O)[O-])cc(OC)c1OC. The average Bonchev–Trinajstić information content (AvgIpc) is 2.93. The molecule has 2 aliphatic carbocycles. The molecule has 0 unspecified atom stereocenters. The Morgan fingerprint density at radius 1 is 0.833 bits per heavy atom. The molecule has 0 saturated heterocycles. The summed E-state index contributed by atoms with van der Waals surface area (Å²) in [5, 5.41) is 12.2. The highest BCUT2D eigenvalue weighted by Gasteiger charge is 2.34. The number of nitro benzene ring substituents is 1. The normalized spacial score (nSPS) is 16.9. The summed E-state index contributed by atoms with van der Waals surface area (Å²) in [4.78, 5) is 27.7. The van der Waals surface area contributed by atoms with E-state index >= 15 is 0 Å². The van der Waals surface area contributed by atoms with Crippen molar-refractivity contribution in [3.05, 3.63) is 46.0 Å². The molecule has 0 spiro atoms. The van der Waals surface area contributed by atoms with Gasteiger partial charge in [0.15, 0.2) is 11.5 Å². The van der Waals surface area contributed by atoms with E-state index in [1.54, 1.807) is 24.3 Å². The zero-order valence-corrected chi connectivity index (χ0v) is 21.5. The lowest BCUT2D eigenvalue weighted by molar-refractivity contribution is -0.384. The summed E-state index contributed by atoms with van der Waals surface area (Å²) in [6.45, 7) is 0. The third-order valence-electron chi connectivity index (χ3n) is 7.59. The Morgan fingerprint density at radius 3 is 1.81 bits per heavy atom. The van der Waals surface area contributed by atoms with E-state index < -0.39 is 4.92 Å². The third-order valence-corrected chi connectivity index (χ3v) is 7.59. The van der Waals surface area contributed by atoms with E-state index in [0.29, 0.717) is 33.9 Å². The van der Waals surface area contributed by atoms with Gasteiger partial charge in [0.2, 0.25) is 5.75 Å². The van der Waals surface area contributed by atoms with Crippen LogP contribution in [0.1, 0.15) is 74.6 Å². The van der Waals surface area contributed by atoms with Crippen molar-refractivity contribution in [2.24, 2.45) is 0 Å². The molecule has 0 N–H and O–H groups in total. The Morgan fingerprint density at radius 2 is 1.36 bits per heavy atom. The molecule has 2 saturated carbocycles. The number of nitrogens with zero attached hydrogens (tertiary/aromatic N) is 2. The highest BCUT2D eigenvalue weighted by molar-refractivity contribution is 5.96. The number of benzene rings is 2. The van der Waals surface area contributed by atoms with Gasteiger partial charge in [-0.3, -0.25) is 14.9 Å². The Hall–Kier alpha value is -3.29. The Bertz CT molecular complexity index is 1050. The van der Waals surface area contributed by atoms with Gasteiger partial charge in [-0.1, -0.05) is 38.5 Å². The van der Waals surface area contributed by atoms with Gasteiger partial charge < -0.3 is 19.1 Å². The van der Waals surface area contributed by atoms with E-state index in [-0.39, 0.29) is 23.7 Å². The number of amides is 1. The van der Waals surface area contributed by atoms with E-state index in [1.807, 2.05) is 0 Å². The first-order valence-electron chi connectivity index (χ1n) is 12.9. The monoisotopic (exact) mass is 496 g/mol. The van der Waals surface area contributed by atoms with Crippen molar-refractivity contribution in [3.63, 3.8) is 0 Å². The lowest BCUT2D eigenvalue weighted by Crippen LogP contribution is -2.48. The van der Waals surface area contributed by atoms with Crippen LogP contribution in [0.15, 0.2) is 30.3 Å². The van der Waals surface area contributed by atoms with Gasteiger partial charge in [0.1, 0.15) is 0 Å². The second kappa shape index (κ2) is 11.6. The summed E-state index contributed by atoms with van der Waals surface area (Å²) in [5.74, 6) is 1.13. The van der Waals surface area contributed by atoms with Crippen LogP contribution in [0.3, 0.4) is 0 Å². The smallest absolute Gasteiger partial charge is 0.277 e. The molecular weight excluding hydrogens is 460 g/mol. The quantitative estimate of drug-likeness (QED) is 0.310. The number of ether oxygens (including phenoxy) is 3. The van der Waals surface area contributed by atoms with Crippen LogP contribution in [0, 0.1) is 10.1 Å². The zero-order valence-electron chi connectivity index (χ0n) is 21.5. The van der Waals surface area contributed by atoms with Gasteiger partial charge in [-0.15, -0.1) is 0 Å². The number of carbonyl (C=O) groups is 1. The molecule has 8 heteroatoms. The van der Waals surface area contributed by atoms with Crippen molar-refractivity contribution in [1.82, 2.24) is 4.90 Å². The summed E-state index contributed by atoms with van der Waals surface area (Å²) in [6.07, 6.45) is 10.9. The highest BCUT2D eigenvalue weighted by Crippen LogP contribution is 2.43. The van der Waals surface area contributed by atoms with Crippen molar-refractivity contribution in [1.29, 1.82) is 0 Å². The van der Waals surface area contributed by atoms with E-state index in [2.05, 4.69) is 4.90 Å². The number of carbonyl (C=O) groups excluding carboxylic acids is 1. The molecule has 0 bridgehead atoms. The van der Waals surface area contributed by atoms with Crippen LogP contribution in [0.2, 0.25) is 0 Å². The second-order valence-electron chi connectivity index (χ2n) is 9.70. The zero-order chi connectivity index (χ0) is 25.7. The van der Waals surface area contributed by atoms with Crippen molar-refractivity contribution in [2.45, 2.75) is 76.3 Å². The maximum Gasteiger partial charge on any atom is 0.277 e. The topological polar surface area (TPSA) is 91.1 Å². The van der Waals surface area contributed by atoms with E-state index in [9.17, 15) is 14.9 Å². The number of rotatable bonds is 8. The fourth-order valence-electron chi connectivity index (χ4n) is 5.79. The fraction of sp³-hybridized carbons (Fsp3) is 0.536. The molecule has 2 aromatic carbocycles. The van der Waals surface area contributed by atoms with Gasteiger partial charge in [-0.25, -0.2) is 0 Å². The molecular formula is C28H36N2O6. The molecule has 0 aliphatic heterocycles. The number of hydrogen-bond acceptors (Lipinski definition) is 6. The first-order valence-corrected chi connectivity index (χ1v) is 12.9. The first-order chi connectivity index (χ1) is 17.5. The second-order valence-corrected chi connectivity index (χ2v) is 9.70. The van der Waals surface area contributed by atoms with Gasteiger partial charge >= 0.3 is 0 Å². The number of nitro groups is 1. The van der Waals surface area contributed by atoms with Gasteiger partial charge in [-0.2, -0.15) is 0 Å². The predicted molar refractivity (Wildman–Crippen MR) is 138 cm³/mol. The van der Waals surface area contributed by atoms with Crippen molar-refractivity contribution >= 4 is 11.6 Å². The van der Waals surface area contributed by atoms with Crippen LogP contribution in [0.5, 0.6) is 17.2 Å². The Labute approximate surface area is 212 Å². The maximum atomic E-state index is 13.9. The van der Waals surface area contributed by atoms with Crippen LogP contribution in [0.4, 0.5) is 5.69 Å². The molecule has 2 aliphatic rings. The Kier molecular flexibility index (Phi) is 8.33. The molecule has 0 radical (unpaired) electrons. The van der Waals surface area contributed by atoms with E-state index in [4.69, 9.17) is 14.2 Å². The van der Waals surface area contributed by atoms with Crippen LogP contribution < -0.4 is 14.2 Å². The molecule has 0 atom stereocenters. The fourth-order valence-corrected chi connectivity index (χ4v) is 5.79. The van der Waals surface area contributed by atoms with Crippen LogP contribution in [-0.4, -0.2) is 49.1 Å². The van der Waals surface area contributed by atoms with E-state index in [1.165, 1.54) is 40.2 Å². The molecule has 8 nitrogen and oxygen atoms in total. The minimum atomic E-state index is -0.430. The molecule has 36 heavy (non-hydrogen) atoms. The number of hydrogen-bond donors (Lipinski definition) is 0. The predicted octanol–water partition coefficient (Wildman–Crippen LogP) is 6.40. The lowest BCUT2D eigenvalue weighted by Gasteiger charge is -2.41. The Balaban J connectivity index is 1.74. The molecule has 0 heterocycles. The van der Waals surface area contributed by atoms with Crippen LogP contribution >= 0.6 is 0 Å². The van der Waals surface area contributed by atoms with Crippen molar-refractivity contribution < 1.29 is 23.9 Å². The minimum absolute atomic E-state index is 0.0895. The molecule has 2 aromatic rings. The standard InChI is InChI=1S/C28H36N2O6/c1-34-25-17-20(18-26(35-2)27(25)36-3)23-15-14-19(16-24(23)30(32)33)28(31)29(21-10-6-4-7-11-21)22-12-8-5-9-13-22/h14-18,21-22H,4-13H2,1-3H3. The van der Waals surface area contributed by atoms with Crippen LogP contribution in [0.25, 0.3) is 11.1 Å². The van der Waals surface area contributed by atoms with Gasteiger partial charge in [0, 0.05) is 23.7 Å². The number of methoxy groups -OCH3 is 3. The lowest BCUT2D eigenvalue weighted by atomic mass is 9.88. The first kappa shape index (κ1) is 25.8. The van der Waals surface area contributed by atoms with E-state index in [0.717, 1.165) is 51.4 Å². The molecule has 1 amide bonds. The summed E-state index contributed by atoms with van der Waals surface area (Å²) in [7, 11) is 4.51. The molecule has 4 rings (SSSR count). The van der Waals surface area contributed by atoms with Crippen molar-refractivity contribution in [3.8, 4) is 28.4 Å².